The Morgan fingerprint density at radius 2 is 1.96 bits per heavy atom. The molecule has 1 fully saturated rings. The summed E-state index contributed by atoms with van der Waals surface area (Å²) >= 11 is 0. The lowest BCUT2D eigenvalue weighted by molar-refractivity contribution is -0.121. The van der Waals surface area contributed by atoms with E-state index in [4.69, 9.17) is 10.5 Å². The van der Waals surface area contributed by atoms with Crippen molar-refractivity contribution >= 4 is 17.4 Å². The molecule has 1 aromatic carbocycles. The third-order valence-corrected chi connectivity index (χ3v) is 4.53. The molecule has 1 aliphatic rings. The molecule has 1 saturated carbocycles. The van der Waals surface area contributed by atoms with Crippen molar-refractivity contribution < 1.29 is 14.3 Å². The molecule has 5 heteroatoms. The zero-order chi connectivity index (χ0) is 17.7. The Morgan fingerprint density at radius 3 is 2.58 bits per heavy atom. The van der Waals surface area contributed by atoms with Gasteiger partial charge in [0, 0.05) is 36.7 Å². The summed E-state index contributed by atoms with van der Waals surface area (Å²) in [5.74, 6) is 1.49. The molecule has 1 aliphatic carbocycles. The highest BCUT2D eigenvalue weighted by atomic mass is 16.5. The molecular formula is C19H28N2O3. The summed E-state index contributed by atoms with van der Waals surface area (Å²) in [6.45, 7) is 4.63. The standard InChI is InChI=1S/C19H28N2O3/c1-4-6-17(22)19-15(9-13(24-3)10-16(19)20)14-8-12(14)11-21-18(23)7-5-2/h9-10,12,14H,4-8,11,20H2,1-3H3,(H,21,23). The van der Waals surface area contributed by atoms with Gasteiger partial charge in [0.1, 0.15) is 5.75 Å². The first-order valence-electron chi connectivity index (χ1n) is 8.79. The number of anilines is 1. The molecule has 1 amide bonds. The fourth-order valence-corrected chi connectivity index (χ4v) is 3.16. The van der Waals surface area contributed by atoms with Crippen LogP contribution in [0.15, 0.2) is 12.1 Å². The van der Waals surface area contributed by atoms with Gasteiger partial charge in [0.15, 0.2) is 5.78 Å². The maximum absolute atomic E-state index is 12.5. The predicted molar refractivity (Wildman–Crippen MR) is 95.4 cm³/mol. The molecular weight excluding hydrogens is 304 g/mol. The van der Waals surface area contributed by atoms with Gasteiger partial charge in [-0.1, -0.05) is 13.8 Å². The number of hydrogen-bond acceptors (Lipinski definition) is 4. The number of hydrogen-bond donors (Lipinski definition) is 2. The number of nitrogens with two attached hydrogens (primary N) is 1. The normalized spacial score (nSPS) is 19.0. The number of Topliss-reactive ketones (excluding diaryl/α,β-unsaturated/α-hetero) is 1. The Morgan fingerprint density at radius 1 is 1.25 bits per heavy atom. The fraction of sp³-hybridized carbons (Fsp3) is 0.579. The van der Waals surface area contributed by atoms with E-state index >= 15 is 0 Å². The van der Waals surface area contributed by atoms with Gasteiger partial charge in [-0.3, -0.25) is 9.59 Å². The van der Waals surface area contributed by atoms with Crippen LogP contribution < -0.4 is 15.8 Å². The number of rotatable bonds is 9. The van der Waals surface area contributed by atoms with Crippen LogP contribution in [0.5, 0.6) is 5.75 Å². The van der Waals surface area contributed by atoms with Crippen LogP contribution in [-0.2, 0) is 4.79 Å². The zero-order valence-corrected chi connectivity index (χ0v) is 14.9. The van der Waals surface area contributed by atoms with Gasteiger partial charge in [-0.25, -0.2) is 0 Å². The lowest BCUT2D eigenvalue weighted by atomic mass is 9.94. The summed E-state index contributed by atoms with van der Waals surface area (Å²) in [7, 11) is 1.60. The van der Waals surface area contributed by atoms with Crippen molar-refractivity contribution in [1.82, 2.24) is 5.32 Å². The predicted octanol–water partition coefficient (Wildman–Crippen LogP) is 3.28. The second-order valence-corrected chi connectivity index (χ2v) is 6.51. The largest absolute Gasteiger partial charge is 0.497 e. The van der Waals surface area contributed by atoms with E-state index in [1.165, 1.54) is 0 Å². The molecule has 0 aromatic heterocycles. The minimum absolute atomic E-state index is 0.0910. The Bertz CT molecular complexity index is 613. The summed E-state index contributed by atoms with van der Waals surface area (Å²) < 4.78 is 5.31. The van der Waals surface area contributed by atoms with Crippen LogP contribution in [0.4, 0.5) is 5.69 Å². The quantitative estimate of drug-likeness (QED) is 0.537. The van der Waals surface area contributed by atoms with Crippen LogP contribution in [0, 0.1) is 5.92 Å². The van der Waals surface area contributed by atoms with Crippen LogP contribution >= 0.6 is 0 Å². The van der Waals surface area contributed by atoms with Gasteiger partial charge >= 0.3 is 0 Å². The average Bonchev–Trinajstić information content (AvgIpc) is 3.32. The van der Waals surface area contributed by atoms with Crippen LogP contribution in [0.25, 0.3) is 0 Å². The van der Waals surface area contributed by atoms with Crippen LogP contribution in [0.1, 0.15) is 67.8 Å². The van der Waals surface area contributed by atoms with Crippen molar-refractivity contribution in [1.29, 1.82) is 0 Å². The Labute approximate surface area is 143 Å². The third-order valence-electron chi connectivity index (χ3n) is 4.53. The van der Waals surface area contributed by atoms with Crippen molar-refractivity contribution in [2.45, 2.75) is 51.9 Å². The van der Waals surface area contributed by atoms with Crippen LogP contribution in [0.3, 0.4) is 0 Å². The highest BCUT2D eigenvalue weighted by molar-refractivity contribution is 6.02. The van der Waals surface area contributed by atoms with Crippen molar-refractivity contribution in [2.24, 2.45) is 5.92 Å². The number of nitrogens with one attached hydrogen (secondary N) is 1. The molecule has 0 heterocycles. The van der Waals surface area contributed by atoms with E-state index in [0.29, 0.717) is 42.3 Å². The van der Waals surface area contributed by atoms with Crippen molar-refractivity contribution in [3.8, 4) is 5.75 Å². The lowest BCUT2D eigenvalue weighted by Gasteiger charge is -2.14. The van der Waals surface area contributed by atoms with Crippen molar-refractivity contribution in [3.63, 3.8) is 0 Å². The van der Waals surface area contributed by atoms with Gasteiger partial charge in [0.05, 0.1) is 7.11 Å². The number of nitrogen functional groups attached to an aromatic ring is 1. The molecule has 24 heavy (non-hydrogen) atoms. The number of ketones is 1. The monoisotopic (exact) mass is 332 g/mol. The maximum Gasteiger partial charge on any atom is 0.219 e. The van der Waals surface area contributed by atoms with Gasteiger partial charge in [0.25, 0.3) is 0 Å². The Balaban J connectivity index is 2.15. The highest BCUT2D eigenvalue weighted by Crippen LogP contribution is 2.50. The van der Waals surface area contributed by atoms with E-state index < -0.39 is 0 Å². The Hall–Kier alpha value is -2.04. The molecule has 2 rings (SSSR count). The maximum atomic E-state index is 12.5. The summed E-state index contributed by atoms with van der Waals surface area (Å²) in [5.41, 5.74) is 8.24. The minimum Gasteiger partial charge on any atom is -0.497 e. The zero-order valence-electron chi connectivity index (χ0n) is 14.9. The minimum atomic E-state index is 0.0910. The molecule has 0 aliphatic heterocycles. The topological polar surface area (TPSA) is 81.4 Å². The van der Waals surface area contributed by atoms with Crippen LogP contribution in [-0.4, -0.2) is 25.3 Å². The Kier molecular flexibility index (Phi) is 6.23. The fourth-order valence-electron chi connectivity index (χ4n) is 3.16. The van der Waals surface area contributed by atoms with Gasteiger partial charge in [-0.15, -0.1) is 0 Å². The number of carbonyl (C=O) groups is 2. The summed E-state index contributed by atoms with van der Waals surface area (Å²) in [5, 5.41) is 2.98. The van der Waals surface area contributed by atoms with Gasteiger partial charge < -0.3 is 15.8 Å². The molecule has 1 aromatic rings. The number of methoxy groups -OCH3 is 1. The molecule has 0 spiro atoms. The molecule has 0 bridgehead atoms. The average molecular weight is 332 g/mol. The molecule has 0 radical (unpaired) electrons. The SMILES string of the molecule is CCCC(=O)NCC1CC1c1cc(OC)cc(N)c1C(=O)CCC. The van der Waals surface area contributed by atoms with E-state index in [9.17, 15) is 9.59 Å². The number of carbonyl (C=O) groups excluding carboxylic acids is 2. The highest BCUT2D eigenvalue weighted by Gasteiger charge is 2.41. The molecule has 3 N–H and O–H groups in total. The summed E-state index contributed by atoms with van der Waals surface area (Å²) in [6, 6.07) is 3.64. The molecule has 2 unspecified atom stereocenters. The number of ether oxygens (including phenoxy) is 1. The van der Waals surface area contributed by atoms with Gasteiger partial charge in [-0.2, -0.15) is 0 Å². The molecule has 2 atom stereocenters. The second kappa shape index (κ2) is 8.18. The first-order valence-corrected chi connectivity index (χ1v) is 8.79. The van der Waals surface area contributed by atoms with Crippen LogP contribution in [0.2, 0.25) is 0 Å². The smallest absolute Gasteiger partial charge is 0.219 e. The summed E-state index contributed by atoms with van der Waals surface area (Å²) in [6.07, 6.45) is 3.66. The van der Waals surface area contributed by atoms with E-state index in [-0.39, 0.29) is 17.6 Å². The van der Waals surface area contributed by atoms with Gasteiger partial charge in [0.2, 0.25) is 5.91 Å². The number of amides is 1. The molecule has 0 saturated heterocycles. The first-order chi connectivity index (χ1) is 11.5. The molecule has 5 nitrogen and oxygen atoms in total. The molecule has 132 valence electrons. The van der Waals surface area contributed by atoms with E-state index in [2.05, 4.69) is 5.32 Å². The summed E-state index contributed by atoms with van der Waals surface area (Å²) in [4.78, 5) is 24.1. The third kappa shape index (κ3) is 4.28. The van der Waals surface area contributed by atoms with Crippen molar-refractivity contribution in [3.05, 3.63) is 23.3 Å². The van der Waals surface area contributed by atoms with Crippen molar-refractivity contribution in [2.75, 3.05) is 19.4 Å². The van der Waals surface area contributed by atoms with E-state index in [0.717, 1.165) is 24.8 Å². The van der Waals surface area contributed by atoms with E-state index in [1.54, 1.807) is 13.2 Å². The first kappa shape index (κ1) is 18.3. The number of benzene rings is 1. The van der Waals surface area contributed by atoms with Gasteiger partial charge in [-0.05, 0) is 42.7 Å². The lowest BCUT2D eigenvalue weighted by Crippen LogP contribution is -2.25. The van der Waals surface area contributed by atoms with E-state index in [1.807, 2.05) is 19.9 Å². The second-order valence-electron chi connectivity index (χ2n) is 6.51.